The Kier molecular flexibility index (Phi) is 7.07. The van der Waals surface area contributed by atoms with Crippen LogP contribution in [0.4, 0.5) is 0 Å². The lowest BCUT2D eigenvalue weighted by atomic mass is 9.91. The third-order valence-electron chi connectivity index (χ3n) is 3.84. The number of hydrogen-bond acceptors (Lipinski definition) is 6. The first-order chi connectivity index (χ1) is 9.96. The number of aliphatic hydroxyl groups is 4. The zero-order chi connectivity index (χ0) is 15.9. The number of rotatable bonds is 8. The summed E-state index contributed by atoms with van der Waals surface area (Å²) in [7, 11) is 0. The summed E-state index contributed by atoms with van der Waals surface area (Å²) in [5.41, 5.74) is 0. The summed E-state index contributed by atoms with van der Waals surface area (Å²) in [5, 5.41) is 38.7. The molecule has 0 aromatic rings. The second kappa shape index (κ2) is 8.56. The quantitative estimate of drug-likeness (QED) is 0.339. The molecule has 0 amide bonds. The van der Waals surface area contributed by atoms with Crippen molar-refractivity contribution in [3.05, 3.63) is 0 Å². The molecule has 0 saturated carbocycles. The van der Waals surface area contributed by atoms with Crippen LogP contribution in [0, 0.1) is 0 Å². The fourth-order valence-electron chi connectivity index (χ4n) is 2.51. The molecular weight excluding hydrogens is 280 g/mol. The van der Waals surface area contributed by atoms with Crippen molar-refractivity contribution in [1.82, 2.24) is 0 Å². The minimum atomic E-state index is -1.37. The van der Waals surface area contributed by atoms with Gasteiger partial charge in [-0.3, -0.25) is 0 Å². The van der Waals surface area contributed by atoms with Gasteiger partial charge in [-0.1, -0.05) is 39.0 Å². The Morgan fingerprint density at radius 1 is 1.10 bits per heavy atom. The highest BCUT2D eigenvalue weighted by atomic mass is 32.1. The van der Waals surface area contributed by atoms with Crippen LogP contribution >= 0.6 is 12.6 Å². The Morgan fingerprint density at radius 2 is 1.75 bits per heavy atom. The van der Waals surface area contributed by atoms with E-state index in [-0.39, 0.29) is 0 Å². The third kappa shape index (κ3) is 4.58. The molecular formula is C14H28O5S. The molecule has 4 N–H and O–H groups in total. The monoisotopic (exact) mass is 309 g/mol. The summed E-state index contributed by atoms with van der Waals surface area (Å²) in [6, 6.07) is 0. The molecule has 0 bridgehead atoms. The maximum absolute atomic E-state index is 10.0. The van der Waals surface area contributed by atoms with Crippen molar-refractivity contribution in [3.63, 3.8) is 0 Å². The van der Waals surface area contributed by atoms with Crippen LogP contribution in [0.1, 0.15) is 53.2 Å². The van der Waals surface area contributed by atoms with E-state index in [0.29, 0.717) is 13.3 Å². The first-order valence-electron chi connectivity index (χ1n) is 8.01. The van der Waals surface area contributed by atoms with E-state index in [2.05, 4.69) is 12.6 Å². The fourth-order valence-corrected chi connectivity index (χ4v) is 2.96. The molecule has 5 atom stereocenters. The van der Waals surface area contributed by atoms with Crippen LogP contribution in [0.15, 0.2) is 0 Å². The highest BCUT2D eigenvalue weighted by molar-refractivity contribution is 7.81. The van der Waals surface area contributed by atoms with E-state index in [4.69, 9.17) is 11.2 Å². The summed E-state index contributed by atoms with van der Waals surface area (Å²) in [5.74, 6) is 0. The van der Waals surface area contributed by atoms with Crippen LogP contribution in [0.25, 0.3) is 0 Å². The number of ether oxygens (including phenoxy) is 1. The van der Waals surface area contributed by atoms with Crippen LogP contribution in [-0.4, -0.2) is 56.4 Å². The Bertz CT molecular complexity index is 295. The average Bonchev–Trinajstić information content (AvgIpc) is 2.48. The first-order valence-corrected chi connectivity index (χ1v) is 7.75. The van der Waals surface area contributed by atoms with Crippen LogP contribution in [-0.2, 0) is 4.74 Å². The van der Waals surface area contributed by atoms with Gasteiger partial charge >= 0.3 is 0 Å². The molecule has 0 aromatic heterocycles. The molecule has 1 saturated heterocycles. The van der Waals surface area contributed by atoms with Crippen molar-refractivity contribution in [2.24, 2.45) is 0 Å². The van der Waals surface area contributed by atoms with E-state index >= 15 is 0 Å². The lowest BCUT2D eigenvalue weighted by Gasteiger charge is -2.46. The van der Waals surface area contributed by atoms with E-state index in [1.54, 1.807) is 0 Å². The normalized spacial score (nSPS) is 38.8. The van der Waals surface area contributed by atoms with E-state index in [1.165, 1.54) is 0 Å². The highest BCUT2D eigenvalue weighted by Gasteiger charge is 2.50. The summed E-state index contributed by atoms with van der Waals surface area (Å²) in [6.07, 6.45) is 1.40. The first kappa shape index (κ1) is 16.5. The summed E-state index contributed by atoms with van der Waals surface area (Å²) < 4.78 is 12.5. The second-order valence-corrected chi connectivity index (χ2v) is 6.24. The zero-order valence-electron chi connectivity index (χ0n) is 12.8. The predicted octanol–water partition coefficient (Wildman–Crippen LogP) is 0.837. The van der Waals surface area contributed by atoms with Crippen LogP contribution in [0.5, 0.6) is 0 Å². The van der Waals surface area contributed by atoms with Crippen molar-refractivity contribution < 1.29 is 26.5 Å². The van der Waals surface area contributed by atoms with Gasteiger partial charge in [0.2, 0.25) is 0 Å². The molecule has 1 rings (SSSR count). The van der Waals surface area contributed by atoms with E-state index in [1.807, 2.05) is 0 Å². The summed E-state index contributed by atoms with van der Waals surface area (Å²) in [4.78, 5) is -1.24. The third-order valence-corrected chi connectivity index (χ3v) is 4.43. The van der Waals surface area contributed by atoms with Crippen molar-refractivity contribution in [1.29, 1.82) is 0 Å². The van der Waals surface area contributed by atoms with Gasteiger partial charge in [-0.2, -0.15) is 0 Å². The molecule has 0 aliphatic carbocycles. The molecule has 120 valence electrons. The zero-order valence-corrected chi connectivity index (χ0v) is 12.7. The smallest absolute Gasteiger partial charge is 0.140 e. The molecule has 1 heterocycles. The van der Waals surface area contributed by atoms with Gasteiger partial charge < -0.3 is 25.2 Å². The molecule has 1 unspecified atom stereocenters. The van der Waals surface area contributed by atoms with Gasteiger partial charge in [-0.15, -0.1) is 12.6 Å². The van der Waals surface area contributed by atoms with Crippen molar-refractivity contribution in [3.8, 4) is 0 Å². The number of unbranched alkanes of at least 4 members (excludes halogenated alkanes) is 5. The van der Waals surface area contributed by atoms with Gasteiger partial charge in [0.05, 0.1) is 6.61 Å². The summed E-state index contributed by atoms with van der Waals surface area (Å²) in [6.45, 7) is 0.0446. The number of hydrogen-bond donors (Lipinski definition) is 5. The van der Waals surface area contributed by atoms with Crippen molar-refractivity contribution in [2.75, 3.05) is 6.61 Å². The predicted molar refractivity (Wildman–Crippen MR) is 79.7 cm³/mol. The van der Waals surface area contributed by atoms with Crippen LogP contribution in [0.2, 0.25) is 0 Å². The SMILES string of the molecule is [2H]CCCCCCCCC1(S)O[C@H](CO)[C@@H](O)[C@H](O)[C@H]1O. The molecule has 0 aromatic carbocycles. The number of thiol groups is 1. The Morgan fingerprint density at radius 3 is 2.40 bits per heavy atom. The standard InChI is InChI=1S/C14H28O5S/c1-2-3-4-5-6-7-8-14(20)13(18)12(17)11(16)10(9-15)19-14/h10-13,15-18,20H,2-9H2,1H3/t10-,11-,12+,13-,14?/m1/s1/i1D. The minimum absolute atomic E-state index is 0.430. The molecule has 0 spiro atoms. The largest absolute Gasteiger partial charge is 0.394 e. The van der Waals surface area contributed by atoms with Gasteiger partial charge in [0.25, 0.3) is 0 Å². The Balaban J connectivity index is 2.37. The lowest BCUT2D eigenvalue weighted by Crippen LogP contribution is -2.62. The maximum Gasteiger partial charge on any atom is 0.140 e. The fraction of sp³-hybridized carbons (Fsp3) is 1.00. The van der Waals surface area contributed by atoms with Crippen LogP contribution in [0.3, 0.4) is 0 Å². The lowest BCUT2D eigenvalue weighted by molar-refractivity contribution is -0.243. The topological polar surface area (TPSA) is 90.2 Å². The number of aliphatic hydroxyl groups excluding tert-OH is 4. The Hall–Kier alpha value is 0.150. The molecule has 1 aliphatic rings. The van der Waals surface area contributed by atoms with Crippen LogP contribution < -0.4 is 0 Å². The molecule has 1 fully saturated rings. The van der Waals surface area contributed by atoms with Gasteiger partial charge in [0.1, 0.15) is 29.3 Å². The van der Waals surface area contributed by atoms with Crippen molar-refractivity contribution in [2.45, 2.75) is 81.2 Å². The minimum Gasteiger partial charge on any atom is -0.394 e. The van der Waals surface area contributed by atoms with Crippen molar-refractivity contribution >= 4 is 12.6 Å². The Labute approximate surface area is 127 Å². The van der Waals surface area contributed by atoms with E-state index in [9.17, 15) is 15.3 Å². The highest BCUT2D eigenvalue weighted by Crippen LogP contribution is 2.37. The van der Waals surface area contributed by atoms with Gasteiger partial charge in [-0.05, 0) is 12.8 Å². The summed E-state index contributed by atoms with van der Waals surface area (Å²) >= 11 is 4.34. The maximum atomic E-state index is 10.0. The second-order valence-electron chi connectivity index (χ2n) is 5.48. The molecule has 6 heteroatoms. The molecule has 20 heavy (non-hydrogen) atoms. The van der Waals surface area contributed by atoms with Gasteiger partial charge in [0, 0.05) is 1.37 Å². The average molecular weight is 309 g/mol. The van der Waals surface area contributed by atoms with Gasteiger partial charge in [0.15, 0.2) is 0 Å². The molecule has 5 nitrogen and oxygen atoms in total. The molecule has 0 radical (unpaired) electrons. The van der Waals surface area contributed by atoms with E-state index in [0.717, 1.165) is 38.5 Å². The van der Waals surface area contributed by atoms with E-state index < -0.39 is 36.0 Å². The van der Waals surface area contributed by atoms with Gasteiger partial charge in [-0.25, -0.2) is 0 Å². The molecule has 1 aliphatic heterocycles.